The molecule has 1 amide bonds. The number of benzene rings is 1. The molecule has 0 saturated heterocycles. The van der Waals surface area contributed by atoms with Gasteiger partial charge in [0.2, 0.25) is 0 Å². The average Bonchev–Trinajstić information content (AvgIpc) is 2.42. The van der Waals surface area contributed by atoms with Gasteiger partial charge in [-0.1, -0.05) is 45.2 Å². The lowest BCUT2D eigenvalue weighted by Crippen LogP contribution is -2.38. The van der Waals surface area contributed by atoms with Crippen molar-refractivity contribution < 1.29 is 9.53 Å². The molecule has 1 unspecified atom stereocenters. The predicted octanol–water partition coefficient (Wildman–Crippen LogP) is 4.29. The number of carbonyl (C=O) groups is 1. The summed E-state index contributed by atoms with van der Waals surface area (Å²) in [5, 5.41) is 3.55. The molecule has 0 aromatic heterocycles. The average molecular weight is 298 g/mol. The predicted molar refractivity (Wildman–Crippen MR) is 83.6 cm³/mol. The van der Waals surface area contributed by atoms with Gasteiger partial charge < -0.3 is 10.1 Å². The van der Waals surface area contributed by atoms with Crippen molar-refractivity contribution in [3.8, 4) is 5.75 Å². The zero-order valence-electron chi connectivity index (χ0n) is 12.7. The molecule has 0 fully saturated rings. The molecular formula is C16H24ClNO2. The zero-order chi connectivity index (χ0) is 15.1. The fourth-order valence-electron chi connectivity index (χ4n) is 2.06. The van der Waals surface area contributed by atoms with Gasteiger partial charge in [0.15, 0.2) is 0 Å². The Morgan fingerprint density at radius 3 is 2.60 bits per heavy atom. The molecule has 0 radical (unpaired) electrons. The van der Waals surface area contributed by atoms with Crippen LogP contribution in [0, 0.1) is 5.92 Å². The number of halogens is 1. The smallest absolute Gasteiger partial charge is 0.251 e. The molecule has 1 aromatic rings. The summed E-state index contributed by atoms with van der Waals surface area (Å²) in [5.74, 6) is 0.915. The van der Waals surface area contributed by atoms with Gasteiger partial charge in [0.05, 0.1) is 12.1 Å². The molecule has 1 N–H and O–H groups in total. The molecule has 1 aromatic carbocycles. The monoisotopic (exact) mass is 297 g/mol. The first-order chi connectivity index (χ1) is 9.49. The van der Waals surface area contributed by atoms with Crippen LogP contribution in [0.1, 0.15) is 50.4 Å². The molecule has 4 heteroatoms. The Hall–Kier alpha value is -1.22. The second-order valence-electron chi connectivity index (χ2n) is 5.32. The van der Waals surface area contributed by atoms with Gasteiger partial charge >= 0.3 is 0 Å². The van der Waals surface area contributed by atoms with Crippen LogP contribution in [0.4, 0.5) is 0 Å². The second-order valence-corrected chi connectivity index (χ2v) is 5.72. The standard InChI is InChI=1S/C16H24ClNO2/c1-5-6-7-14(11(2)3)18-16(19)12-8-9-15(20-4)13(17)10-12/h8-11,14H,5-7H2,1-4H3,(H,18,19). The lowest BCUT2D eigenvalue weighted by atomic mass is 9.98. The van der Waals surface area contributed by atoms with Crippen LogP contribution in [0.15, 0.2) is 18.2 Å². The maximum Gasteiger partial charge on any atom is 0.251 e. The Bertz CT molecular complexity index is 446. The molecule has 0 spiro atoms. The van der Waals surface area contributed by atoms with Crippen molar-refractivity contribution in [2.45, 2.75) is 46.1 Å². The van der Waals surface area contributed by atoms with Gasteiger partial charge in [0.1, 0.15) is 5.75 Å². The fraction of sp³-hybridized carbons (Fsp3) is 0.562. The van der Waals surface area contributed by atoms with E-state index in [0.717, 1.165) is 19.3 Å². The number of hydrogen-bond donors (Lipinski definition) is 1. The van der Waals surface area contributed by atoms with Crippen LogP contribution in [0.25, 0.3) is 0 Å². The number of nitrogens with one attached hydrogen (secondary N) is 1. The van der Waals surface area contributed by atoms with Crippen LogP contribution >= 0.6 is 11.6 Å². The third-order valence-corrected chi connectivity index (χ3v) is 3.70. The SMILES string of the molecule is CCCCC(NC(=O)c1ccc(OC)c(Cl)c1)C(C)C. The van der Waals surface area contributed by atoms with E-state index < -0.39 is 0 Å². The molecule has 20 heavy (non-hydrogen) atoms. The maximum atomic E-state index is 12.3. The molecule has 0 aliphatic heterocycles. The third kappa shape index (κ3) is 4.71. The van der Waals surface area contributed by atoms with Crippen LogP contribution < -0.4 is 10.1 Å². The summed E-state index contributed by atoms with van der Waals surface area (Å²) in [7, 11) is 1.56. The maximum absolute atomic E-state index is 12.3. The van der Waals surface area contributed by atoms with Gasteiger partial charge in [-0.15, -0.1) is 0 Å². The third-order valence-electron chi connectivity index (χ3n) is 3.40. The largest absolute Gasteiger partial charge is 0.495 e. The van der Waals surface area contributed by atoms with E-state index in [0.29, 0.717) is 22.3 Å². The molecule has 0 bridgehead atoms. The molecule has 0 saturated carbocycles. The van der Waals surface area contributed by atoms with Crippen molar-refractivity contribution in [3.05, 3.63) is 28.8 Å². The van der Waals surface area contributed by atoms with Crippen molar-refractivity contribution in [2.75, 3.05) is 7.11 Å². The van der Waals surface area contributed by atoms with Crippen molar-refractivity contribution in [1.82, 2.24) is 5.32 Å². The van der Waals surface area contributed by atoms with Gasteiger partial charge in [0.25, 0.3) is 5.91 Å². The molecule has 112 valence electrons. The van der Waals surface area contributed by atoms with E-state index in [1.807, 2.05) is 0 Å². The molecular weight excluding hydrogens is 274 g/mol. The highest BCUT2D eigenvalue weighted by Gasteiger charge is 2.17. The minimum absolute atomic E-state index is 0.0793. The van der Waals surface area contributed by atoms with Gasteiger partial charge in [-0.3, -0.25) is 4.79 Å². The topological polar surface area (TPSA) is 38.3 Å². The number of rotatable bonds is 7. The van der Waals surface area contributed by atoms with E-state index >= 15 is 0 Å². The lowest BCUT2D eigenvalue weighted by molar-refractivity contribution is 0.0922. The van der Waals surface area contributed by atoms with Crippen LogP contribution in [0.5, 0.6) is 5.75 Å². The van der Waals surface area contributed by atoms with Gasteiger partial charge in [-0.2, -0.15) is 0 Å². The van der Waals surface area contributed by atoms with Crippen LogP contribution in [0.3, 0.4) is 0 Å². The van der Waals surface area contributed by atoms with Crippen molar-refractivity contribution in [3.63, 3.8) is 0 Å². The van der Waals surface area contributed by atoms with Crippen molar-refractivity contribution in [1.29, 1.82) is 0 Å². The Balaban J connectivity index is 2.75. The Morgan fingerprint density at radius 2 is 2.10 bits per heavy atom. The van der Waals surface area contributed by atoms with Crippen molar-refractivity contribution >= 4 is 17.5 Å². The highest BCUT2D eigenvalue weighted by molar-refractivity contribution is 6.32. The quantitative estimate of drug-likeness (QED) is 0.815. The molecule has 0 aliphatic rings. The normalized spacial score (nSPS) is 12.3. The summed E-state index contributed by atoms with van der Waals surface area (Å²) < 4.78 is 5.09. The van der Waals surface area contributed by atoms with Crippen LogP contribution in [0.2, 0.25) is 5.02 Å². The number of hydrogen-bond acceptors (Lipinski definition) is 2. The number of carbonyl (C=O) groups excluding carboxylic acids is 1. The molecule has 0 heterocycles. The summed E-state index contributed by atoms with van der Waals surface area (Å²) in [4.78, 5) is 12.3. The van der Waals surface area contributed by atoms with E-state index in [9.17, 15) is 4.79 Å². The minimum atomic E-state index is -0.0793. The summed E-state index contributed by atoms with van der Waals surface area (Å²) in [6.45, 7) is 6.41. The van der Waals surface area contributed by atoms with Crippen molar-refractivity contribution in [2.24, 2.45) is 5.92 Å². The highest BCUT2D eigenvalue weighted by atomic mass is 35.5. The summed E-state index contributed by atoms with van der Waals surface area (Å²) in [6, 6.07) is 5.29. The first-order valence-corrected chi connectivity index (χ1v) is 7.51. The molecule has 1 atom stereocenters. The molecule has 1 rings (SSSR count). The summed E-state index contributed by atoms with van der Waals surface area (Å²) in [5.41, 5.74) is 0.568. The summed E-state index contributed by atoms with van der Waals surface area (Å²) >= 11 is 6.05. The van der Waals surface area contributed by atoms with Gasteiger partial charge in [-0.25, -0.2) is 0 Å². The zero-order valence-corrected chi connectivity index (χ0v) is 13.5. The first-order valence-electron chi connectivity index (χ1n) is 7.14. The second kappa shape index (κ2) is 8.15. The van der Waals surface area contributed by atoms with Gasteiger partial charge in [0, 0.05) is 11.6 Å². The highest BCUT2D eigenvalue weighted by Crippen LogP contribution is 2.25. The Morgan fingerprint density at radius 1 is 1.40 bits per heavy atom. The lowest BCUT2D eigenvalue weighted by Gasteiger charge is -2.22. The summed E-state index contributed by atoms with van der Waals surface area (Å²) in [6.07, 6.45) is 3.25. The van der Waals surface area contributed by atoms with E-state index in [4.69, 9.17) is 16.3 Å². The van der Waals surface area contributed by atoms with Crippen LogP contribution in [-0.2, 0) is 0 Å². The number of amides is 1. The Kier molecular flexibility index (Phi) is 6.86. The number of ether oxygens (including phenoxy) is 1. The first kappa shape index (κ1) is 16.8. The Labute approximate surface area is 126 Å². The molecule has 3 nitrogen and oxygen atoms in total. The number of unbranched alkanes of at least 4 members (excludes halogenated alkanes) is 1. The van der Waals surface area contributed by atoms with E-state index in [-0.39, 0.29) is 11.9 Å². The fourth-order valence-corrected chi connectivity index (χ4v) is 2.31. The minimum Gasteiger partial charge on any atom is -0.495 e. The number of methoxy groups -OCH3 is 1. The van der Waals surface area contributed by atoms with E-state index in [1.54, 1.807) is 25.3 Å². The van der Waals surface area contributed by atoms with Gasteiger partial charge in [-0.05, 0) is 30.5 Å². The molecule has 0 aliphatic carbocycles. The van der Waals surface area contributed by atoms with Crippen LogP contribution in [-0.4, -0.2) is 19.1 Å². The van der Waals surface area contributed by atoms with E-state index in [2.05, 4.69) is 26.1 Å². The van der Waals surface area contributed by atoms with E-state index in [1.165, 1.54) is 0 Å².